The van der Waals surface area contributed by atoms with Gasteiger partial charge in [-0.25, -0.2) is 8.42 Å². The Morgan fingerprint density at radius 2 is 1.84 bits per heavy atom. The van der Waals surface area contributed by atoms with E-state index in [2.05, 4.69) is 25.5 Å². The van der Waals surface area contributed by atoms with E-state index in [1.54, 1.807) is 4.57 Å². The van der Waals surface area contributed by atoms with Crippen LogP contribution in [0.1, 0.15) is 20.8 Å². The summed E-state index contributed by atoms with van der Waals surface area (Å²) in [6.07, 6.45) is 0. The number of ether oxygens (including phenoxy) is 1. The van der Waals surface area contributed by atoms with E-state index in [4.69, 9.17) is 27.9 Å². The Bertz CT molecular complexity index is 897. The van der Waals surface area contributed by atoms with Gasteiger partial charge < -0.3 is 9.30 Å². The van der Waals surface area contributed by atoms with Crippen LogP contribution in [0.4, 0.5) is 5.82 Å². The number of hydrogen-bond donors (Lipinski definition) is 1. The average Bonchev–Trinajstić information content (AvgIpc) is 2.75. The molecule has 136 valence electrons. The summed E-state index contributed by atoms with van der Waals surface area (Å²) in [6, 6.07) is 7.37. The maximum Gasteiger partial charge on any atom is 0.235 e. The van der Waals surface area contributed by atoms with Gasteiger partial charge >= 0.3 is 0 Å². The van der Waals surface area contributed by atoms with E-state index in [0.29, 0.717) is 28.2 Å². The standard InChI is InChI=1S/C17H20Cl2N2O3S/c1-17(2,3)10-24-12-6-4-11(5-7-12)13-14(18)15(19)21-8-9-25(22,23)20-16(13)21/h4-7,20H,8-10H2,1-3H3. The molecule has 0 amide bonds. The van der Waals surface area contributed by atoms with Gasteiger partial charge in [-0.2, -0.15) is 0 Å². The van der Waals surface area contributed by atoms with Crippen LogP contribution in [0.15, 0.2) is 24.3 Å². The quantitative estimate of drug-likeness (QED) is 0.812. The van der Waals surface area contributed by atoms with Crippen molar-refractivity contribution < 1.29 is 13.2 Å². The molecule has 2 heterocycles. The third kappa shape index (κ3) is 3.91. The Morgan fingerprint density at radius 1 is 1.20 bits per heavy atom. The van der Waals surface area contributed by atoms with Crippen molar-refractivity contribution in [2.75, 3.05) is 17.1 Å². The average molecular weight is 403 g/mol. The second-order valence-electron chi connectivity index (χ2n) is 7.27. The molecule has 1 aromatic carbocycles. The molecule has 0 saturated carbocycles. The summed E-state index contributed by atoms with van der Waals surface area (Å²) in [5, 5.41) is 0.673. The van der Waals surface area contributed by atoms with Crippen LogP contribution in [0.2, 0.25) is 10.2 Å². The number of anilines is 1. The molecule has 1 aliphatic rings. The fraction of sp³-hybridized carbons (Fsp3) is 0.412. The predicted molar refractivity (Wildman–Crippen MR) is 102 cm³/mol. The van der Waals surface area contributed by atoms with Crippen LogP contribution < -0.4 is 9.46 Å². The zero-order chi connectivity index (χ0) is 18.4. The Kier molecular flexibility index (Phi) is 4.73. The maximum atomic E-state index is 11.9. The van der Waals surface area contributed by atoms with E-state index >= 15 is 0 Å². The molecule has 3 rings (SSSR count). The zero-order valence-electron chi connectivity index (χ0n) is 14.3. The highest BCUT2D eigenvalue weighted by Gasteiger charge is 2.29. The summed E-state index contributed by atoms with van der Waals surface area (Å²) in [7, 11) is -3.38. The van der Waals surface area contributed by atoms with Crippen LogP contribution in [0.3, 0.4) is 0 Å². The molecule has 8 heteroatoms. The fourth-order valence-electron chi connectivity index (χ4n) is 2.57. The van der Waals surface area contributed by atoms with E-state index in [1.165, 1.54) is 0 Å². The number of sulfonamides is 1. The highest BCUT2D eigenvalue weighted by atomic mass is 35.5. The number of nitrogens with zero attached hydrogens (tertiary/aromatic N) is 1. The summed E-state index contributed by atoms with van der Waals surface area (Å²) < 4.78 is 33.9. The summed E-state index contributed by atoms with van der Waals surface area (Å²) in [6.45, 7) is 7.17. The molecule has 1 aliphatic heterocycles. The minimum Gasteiger partial charge on any atom is -0.493 e. The van der Waals surface area contributed by atoms with E-state index in [1.807, 2.05) is 24.3 Å². The van der Waals surface area contributed by atoms with Crippen LogP contribution >= 0.6 is 23.2 Å². The van der Waals surface area contributed by atoms with Gasteiger partial charge in [0.15, 0.2) is 0 Å². The summed E-state index contributed by atoms with van der Waals surface area (Å²) in [5.41, 5.74) is 1.42. The Hall–Kier alpha value is -1.37. The second kappa shape index (κ2) is 6.41. The number of halogens is 2. The molecule has 0 atom stereocenters. The van der Waals surface area contributed by atoms with E-state index in [9.17, 15) is 8.42 Å². The van der Waals surface area contributed by atoms with E-state index in [-0.39, 0.29) is 17.7 Å². The molecule has 2 aromatic rings. The van der Waals surface area contributed by atoms with Crippen molar-refractivity contribution in [3.8, 4) is 16.9 Å². The first-order valence-corrected chi connectivity index (χ1v) is 10.3. The molecular weight excluding hydrogens is 383 g/mol. The fourth-order valence-corrected chi connectivity index (χ4v) is 4.16. The number of aromatic nitrogens is 1. The van der Waals surface area contributed by atoms with Crippen molar-refractivity contribution in [2.45, 2.75) is 27.3 Å². The molecule has 0 fully saturated rings. The van der Waals surface area contributed by atoms with Crippen LogP contribution in [0.5, 0.6) is 5.75 Å². The Labute approximate surface area is 157 Å². The van der Waals surface area contributed by atoms with E-state index < -0.39 is 10.0 Å². The van der Waals surface area contributed by atoms with Gasteiger partial charge in [-0.3, -0.25) is 4.72 Å². The normalized spacial score (nSPS) is 16.2. The third-order valence-electron chi connectivity index (χ3n) is 3.79. The molecule has 25 heavy (non-hydrogen) atoms. The van der Waals surface area contributed by atoms with Gasteiger partial charge in [0.2, 0.25) is 10.0 Å². The second-order valence-corrected chi connectivity index (χ2v) is 9.85. The van der Waals surface area contributed by atoms with Crippen molar-refractivity contribution in [3.63, 3.8) is 0 Å². The van der Waals surface area contributed by atoms with Gasteiger partial charge in [-0.05, 0) is 23.1 Å². The molecule has 1 aromatic heterocycles. The molecule has 0 unspecified atom stereocenters. The van der Waals surface area contributed by atoms with Gasteiger partial charge in [0, 0.05) is 12.1 Å². The van der Waals surface area contributed by atoms with Crippen LogP contribution in [0.25, 0.3) is 11.1 Å². The molecule has 5 nitrogen and oxygen atoms in total. The highest BCUT2D eigenvalue weighted by Crippen LogP contribution is 2.44. The van der Waals surface area contributed by atoms with Crippen molar-refractivity contribution in [1.82, 2.24) is 4.57 Å². The molecular formula is C17H20Cl2N2O3S. The lowest BCUT2D eigenvalue weighted by Gasteiger charge is -2.20. The summed E-state index contributed by atoms with van der Waals surface area (Å²) >= 11 is 12.7. The van der Waals surface area contributed by atoms with Crippen molar-refractivity contribution in [1.29, 1.82) is 0 Å². The van der Waals surface area contributed by atoms with E-state index in [0.717, 1.165) is 11.3 Å². The number of benzene rings is 1. The molecule has 1 N–H and O–H groups in total. The topological polar surface area (TPSA) is 60.3 Å². The third-order valence-corrected chi connectivity index (χ3v) is 5.88. The largest absolute Gasteiger partial charge is 0.493 e. The smallest absolute Gasteiger partial charge is 0.235 e. The number of fused-ring (bicyclic) bond motifs is 1. The first kappa shape index (κ1) is 18.4. The molecule has 0 radical (unpaired) electrons. The van der Waals surface area contributed by atoms with Crippen LogP contribution in [-0.2, 0) is 16.6 Å². The minimum absolute atomic E-state index is 0.0241. The zero-order valence-corrected chi connectivity index (χ0v) is 16.6. The van der Waals surface area contributed by atoms with Crippen molar-refractivity contribution in [3.05, 3.63) is 34.4 Å². The van der Waals surface area contributed by atoms with Gasteiger partial charge in [-0.15, -0.1) is 0 Å². The van der Waals surface area contributed by atoms with Gasteiger partial charge in [-0.1, -0.05) is 56.1 Å². The van der Waals surface area contributed by atoms with Crippen LogP contribution in [0, 0.1) is 5.41 Å². The van der Waals surface area contributed by atoms with Crippen LogP contribution in [-0.4, -0.2) is 25.3 Å². The Balaban J connectivity index is 1.95. The molecule has 0 bridgehead atoms. The molecule has 0 saturated heterocycles. The number of rotatable bonds is 3. The first-order chi connectivity index (χ1) is 11.6. The SMILES string of the molecule is CC(C)(C)COc1ccc(-c2c(Cl)c(Cl)n3c2NS(=O)(=O)CC3)cc1. The van der Waals surface area contributed by atoms with Gasteiger partial charge in [0.25, 0.3) is 0 Å². The monoisotopic (exact) mass is 402 g/mol. The Morgan fingerprint density at radius 3 is 2.44 bits per heavy atom. The summed E-state index contributed by atoms with van der Waals surface area (Å²) in [5.74, 6) is 1.13. The predicted octanol–water partition coefficient (Wildman–Crippen LogP) is 4.64. The lowest BCUT2D eigenvalue weighted by atomic mass is 9.99. The summed E-state index contributed by atoms with van der Waals surface area (Å²) in [4.78, 5) is 0. The van der Waals surface area contributed by atoms with Crippen molar-refractivity contribution in [2.24, 2.45) is 5.41 Å². The van der Waals surface area contributed by atoms with Crippen molar-refractivity contribution >= 4 is 39.0 Å². The minimum atomic E-state index is -3.38. The van der Waals surface area contributed by atoms with Gasteiger partial charge in [0.1, 0.15) is 16.7 Å². The first-order valence-electron chi connectivity index (χ1n) is 7.89. The lowest BCUT2D eigenvalue weighted by Crippen LogP contribution is -2.27. The molecule has 0 aliphatic carbocycles. The number of hydrogen-bond acceptors (Lipinski definition) is 3. The maximum absolute atomic E-state index is 11.9. The number of nitrogens with one attached hydrogen (secondary N) is 1. The highest BCUT2D eigenvalue weighted by molar-refractivity contribution is 7.92. The van der Waals surface area contributed by atoms with Gasteiger partial charge in [0.05, 0.1) is 17.4 Å². The lowest BCUT2D eigenvalue weighted by molar-refractivity contribution is 0.198. The molecule has 0 spiro atoms.